The third-order valence-corrected chi connectivity index (χ3v) is 6.59. The highest BCUT2D eigenvalue weighted by atomic mass is 35.5. The number of furan rings is 1. The number of carbonyl (C=O) groups excluding carboxylic acids is 2. The molecule has 0 unspecified atom stereocenters. The Balaban J connectivity index is 1.25. The van der Waals surface area contributed by atoms with E-state index in [4.69, 9.17) is 37.3 Å². The van der Waals surface area contributed by atoms with Gasteiger partial charge in [-0.3, -0.25) is 9.59 Å². The van der Waals surface area contributed by atoms with Gasteiger partial charge in [-0.25, -0.2) is 4.98 Å². The lowest BCUT2D eigenvalue weighted by atomic mass is 10.2. The number of nitrogens with one attached hydrogen (secondary N) is 1. The summed E-state index contributed by atoms with van der Waals surface area (Å²) in [5, 5.41) is 4.40. The Morgan fingerprint density at radius 2 is 1.81 bits per heavy atom. The van der Waals surface area contributed by atoms with E-state index in [9.17, 15) is 9.59 Å². The number of piperazine rings is 1. The molecular formula is C26H22Cl2N4O4. The highest BCUT2D eigenvalue weighted by molar-refractivity contribution is 6.42. The molecule has 184 valence electrons. The zero-order chi connectivity index (χ0) is 25.1. The predicted octanol–water partition coefficient (Wildman–Crippen LogP) is 5.11. The lowest BCUT2D eigenvalue weighted by Crippen LogP contribution is -2.49. The van der Waals surface area contributed by atoms with Crippen molar-refractivity contribution in [3.05, 3.63) is 82.7 Å². The Morgan fingerprint density at radius 3 is 2.56 bits per heavy atom. The van der Waals surface area contributed by atoms with Crippen LogP contribution >= 0.6 is 23.2 Å². The van der Waals surface area contributed by atoms with Gasteiger partial charge in [0, 0.05) is 37.3 Å². The van der Waals surface area contributed by atoms with E-state index in [1.54, 1.807) is 41.3 Å². The third-order valence-electron chi connectivity index (χ3n) is 5.85. The van der Waals surface area contributed by atoms with E-state index in [1.165, 1.54) is 6.26 Å². The van der Waals surface area contributed by atoms with Crippen molar-refractivity contribution in [1.29, 1.82) is 0 Å². The maximum atomic E-state index is 12.5. The largest absolute Gasteiger partial charge is 0.481 e. The fourth-order valence-electron chi connectivity index (χ4n) is 4.01. The number of hydrogen-bond acceptors (Lipinski definition) is 6. The normalized spacial score (nSPS) is 13.6. The number of aromatic nitrogens is 1. The molecule has 5 rings (SSSR count). The Hall–Kier alpha value is -3.75. The average Bonchev–Trinajstić information content (AvgIpc) is 3.44. The van der Waals surface area contributed by atoms with Crippen LogP contribution in [0.15, 0.2) is 71.3 Å². The van der Waals surface area contributed by atoms with Crippen LogP contribution in [0.1, 0.15) is 10.6 Å². The molecule has 1 aliphatic heterocycles. The number of amides is 2. The number of ether oxygens (including phenoxy) is 1. The number of hydrogen-bond donors (Lipinski definition) is 1. The number of anilines is 2. The lowest BCUT2D eigenvalue weighted by molar-refractivity contribution is -0.118. The maximum Gasteiger partial charge on any atom is 0.289 e. The van der Waals surface area contributed by atoms with Crippen LogP contribution in [0.3, 0.4) is 0 Å². The van der Waals surface area contributed by atoms with Crippen molar-refractivity contribution >= 4 is 57.4 Å². The van der Waals surface area contributed by atoms with Crippen molar-refractivity contribution in [2.75, 3.05) is 43.0 Å². The average molecular weight is 525 g/mol. The number of pyridine rings is 1. The molecule has 3 heterocycles. The van der Waals surface area contributed by atoms with Gasteiger partial charge in [0.15, 0.2) is 12.4 Å². The third kappa shape index (κ3) is 5.24. The van der Waals surface area contributed by atoms with Gasteiger partial charge in [-0.2, -0.15) is 0 Å². The molecule has 8 nitrogen and oxygen atoms in total. The summed E-state index contributed by atoms with van der Waals surface area (Å²) in [6.07, 6.45) is 1.50. The molecule has 36 heavy (non-hydrogen) atoms. The van der Waals surface area contributed by atoms with Crippen LogP contribution in [0.4, 0.5) is 11.5 Å². The van der Waals surface area contributed by atoms with E-state index in [-0.39, 0.29) is 18.4 Å². The molecule has 0 spiro atoms. The van der Waals surface area contributed by atoms with Crippen molar-refractivity contribution < 1.29 is 18.7 Å². The van der Waals surface area contributed by atoms with E-state index in [0.717, 1.165) is 11.2 Å². The molecule has 2 amide bonds. The zero-order valence-electron chi connectivity index (χ0n) is 19.1. The molecule has 0 aliphatic carbocycles. The molecule has 4 aromatic rings. The van der Waals surface area contributed by atoms with Gasteiger partial charge in [0.2, 0.25) is 0 Å². The number of rotatable bonds is 6. The number of benzene rings is 2. The monoisotopic (exact) mass is 524 g/mol. The minimum atomic E-state index is -0.334. The molecule has 1 aliphatic rings. The molecule has 0 radical (unpaired) electrons. The number of carbonyl (C=O) groups is 2. The molecule has 2 aromatic carbocycles. The van der Waals surface area contributed by atoms with Crippen molar-refractivity contribution in [1.82, 2.24) is 9.88 Å². The second kappa shape index (κ2) is 10.5. The summed E-state index contributed by atoms with van der Waals surface area (Å²) in [5.41, 5.74) is 1.19. The first-order valence-electron chi connectivity index (χ1n) is 11.3. The number of para-hydroxylation sites is 1. The van der Waals surface area contributed by atoms with Crippen LogP contribution in [0, 0.1) is 0 Å². The minimum absolute atomic E-state index is 0.110. The summed E-state index contributed by atoms with van der Waals surface area (Å²) in [4.78, 5) is 33.7. The molecule has 0 bridgehead atoms. The summed E-state index contributed by atoms with van der Waals surface area (Å²) in [6, 6.07) is 17.7. The van der Waals surface area contributed by atoms with E-state index in [2.05, 4.69) is 10.2 Å². The van der Waals surface area contributed by atoms with Crippen LogP contribution in [0.5, 0.6) is 5.75 Å². The molecule has 1 N–H and O–H groups in total. The Bertz CT molecular complexity index is 1400. The van der Waals surface area contributed by atoms with Crippen molar-refractivity contribution in [2.24, 2.45) is 0 Å². The fourth-order valence-corrected chi connectivity index (χ4v) is 4.31. The van der Waals surface area contributed by atoms with Crippen LogP contribution in [0.2, 0.25) is 10.0 Å². The summed E-state index contributed by atoms with van der Waals surface area (Å²) in [7, 11) is 0. The van der Waals surface area contributed by atoms with Crippen molar-refractivity contribution in [3.63, 3.8) is 0 Å². The van der Waals surface area contributed by atoms with E-state index >= 15 is 0 Å². The Morgan fingerprint density at radius 1 is 0.972 bits per heavy atom. The van der Waals surface area contributed by atoms with Crippen LogP contribution in [-0.4, -0.2) is 54.5 Å². The SMILES string of the molecule is O=C(COc1cccc2ccc(N3CCN(C(=O)c4ccco4)CC3)nc12)Nc1ccc(Cl)c(Cl)c1. The molecular weight excluding hydrogens is 503 g/mol. The minimum Gasteiger partial charge on any atom is -0.481 e. The number of nitrogens with zero attached hydrogens (tertiary/aromatic N) is 3. The summed E-state index contributed by atoms with van der Waals surface area (Å²) < 4.78 is 11.1. The van der Waals surface area contributed by atoms with Crippen LogP contribution in [0.25, 0.3) is 10.9 Å². The lowest BCUT2D eigenvalue weighted by Gasteiger charge is -2.35. The topological polar surface area (TPSA) is 87.9 Å². The van der Waals surface area contributed by atoms with Crippen LogP contribution < -0.4 is 15.0 Å². The first-order chi connectivity index (χ1) is 17.5. The van der Waals surface area contributed by atoms with Gasteiger partial charge >= 0.3 is 0 Å². The predicted molar refractivity (Wildman–Crippen MR) is 139 cm³/mol. The van der Waals surface area contributed by atoms with E-state index in [1.807, 2.05) is 24.3 Å². The first-order valence-corrected chi connectivity index (χ1v) is 12.1. The van der Waals surface area contributed by atoms with Gasteiger partial charge in [0.1, 0.15) is 17.1 Å². The first kappa shape index (κ1) is 24.0. The number of halogens is 2. The molecule has 10 heteroatoms. The second-order valence-corrected chi connectivity index (χ2v) is 9.03. The molecule has 1 saturated heterocycles. The zero-order valence-corrected chi connectivity index (χ0v) is 20.6. The molecule has 2 aromatic heterocycles. The van der Waals surface area contributed by atoms with E-state index < -0.39 is 0 Å². The van der Waals surface area contributed by atoms with Crippen LogP contribution in [-0.2, 0) is 4.79 Å². The molecule has 0 saturated carbocycles. The molecule has 1 fully saturated rings. The fraction of sp³-hybridized carbons (Fsp3) is 0.192. The maximum absolute atomic E-state index is 12.5. The Labute approximate surface area is 217 Å². The van der Waals surface area contributed by atoms with Gasteiger partial charge < -0.3 is 24.3 Å². The standard InChI is InChI=1S/C26H22Cl2N4O4/c27-19-8-7-18(15-20(19)28)29-24(33)16-36-21-4-1-3-17-6-9-23(30-25(17)21)31-10-12-32(13-11-31)26(34)22-5-2-14-35-22/h1-9,14-15H,10-13,16H2,(H,29,33). The van der Waals surface area contributed by atoms with E-state index in [0.29, 0.717) is 58.9 Å². The summed E-state index contributed by atoms with van der Waals surface area (Å²) >= 11 is 11.9. The van der Waals surface area contributed by atoms with Gasteiger partial charge in [-0.1, -0.05) is 35.3 Å². The quantitative estimate of drug-likeness (QED) is 0.376. The highest BCUT2D eigenvalue weighted by Crippen LogP contribution is 2.28. The Kier molecular flexibility index (Phi) is 6.97. The number of fused-ring (bicyclic) bond motifs is 1. The summed E-state index contributed by atoms with van der Waals surface area (Å²) in [6.45, 7) is 2.21. The second-order valence-electron chi connectivity index (χ2n) is 8.22. The molecule has 0 atom stereocenters. The highest BCUT2D eigenvalue weighted by Gasteiger charge is 2.24. The van der Waals surface area contributed by atoms with Gasteiger partial charge in [-0.05, 0) is 48.5 Å². The van der Waals surface area contributed by atoms with Crippen molar-refractivity contribution in [3.8, 4) is 5.75 Å². The summed E-state index contributed by atoms with van der Waals surface area (Å²) in [5.74, 6) is 1.19. The van der Waals surface area contributed by atoms with Gasteiger partial charge in [-0.15, -0.1) is 0 Å². The van der Waals surface area contributed by atoms with Gasteiger partial charge in [0.25, 0.3) is 11.8 Å². The smallest absolute Gasteiger partial charge is 0.289 e. The van der Waals surface area contributed by atoms with Gasteiger partial charge in [0.05, 0.1) is 16.3 Å². The van der Waals surface area contributed by atoms with Crippen molar-refractivity contribution in [2.45, 2.75) is 0 Å².